The highest BCUT2D eigenvalue weighted by molar-refractivity contribution is 5.80. The van der Waals surface area contributed by atoms with Crippen LogP contribution >= 0.6 is 0 Å². The number of aliphatic carboxylic acids is 1. The van der Waals surface area contributed by atoms with Gasteiger partial charge in [-0.2, -0.15) is 0 Å². The Labute approximate surface area is 112 Å². The average Bonchev–Trinajstić information content (AvgIpc) is 2.40. The molecule has 0 aliphatic carbocycles. The predicted octanol–water partition coefficient (Wildman–Crippen LogP) is 1.65. The maximum atomic E-state index is 11.0. The number of hydrogen-bond donors (Lipinski definition) is 2. The number of nitrogens with one attached hydrogen (secondary N) is 1. The van der Waals surface area contributed by atoms with Gasteiger partial charge in [-0.3, -0.25) is 0 Å². The summed E-state index contributed by atoms with van der Waals surface area (Å²) >= 11 is 0. The molecule has 6 heteroatoms. The van der Waals surface area contributed by atoms with Gasteiger partial charge in [-0.1, -0.05) is 0 Å². The second-order valence-electron chi connectivity index (χ2n) is 5.28. The zero-order valence-corrected chi connectivity index (χ0v) is 11.2. The molecule has 1 fully saturated rings. The third kappa shape index (κ3) is 3.41. The van der Waals surface area contributed by atoms with E-state index in [0.717, 1.165) is 31.6 Å². The highest BCUT2D eigenvalue weighted by Crippen LogP contribution is 2.26. The van der Waals surface area contributed by atoms with Crippen LogP contribution < -0.4 is 5.32 Å². The predicted molar refractivity (Wildman–Crippen MR) is 70.2 cm³/mol. The molecule has 0 bridgehead atoms. The molecule has 0 atom stereocenters. The molecule has 0 spiro atoms. The van der Waals surface area contributed by atoms with Gasteiger partial charge in [0.25, 0.3) is 0 Å². The molecular weight excluding hydrogens is 246 g/mol. The van der Waals surface area contributed by atoms with Crippen molar-refractivity contribution < 1.29 is 14.6 Å². The lowest BCUT2D eigenvalue weighted by Gasteiger charge is -2.23. The van der Waals surface area contributed by atoms with Crippen molar-refractivity contribution in [1.82, 2.24) is 9.97 Å². The van der Waals surface area contributed by atoms with Crippen molar-refractivity contribution in [2.45, 2.75) is 38.1 Å². The van der Waals surface area contributed by atoms with Crippen LogP contribution in [0.15, 0.2) is 12.4 Å². The van der Waals surface area contributed by atoms with E-state index in [0.29, 0.717) is 11.9 Å². The van der Waals surface area contributed by atoms with Crippen LogP contribution in [0.5, 0.6) is 0 Å². The molecule has 1 aromatic heterocycles. The van der Waals surface area contributed by atoms with Crippen molar-refractivity contribution >= 4 is 11.9 Å². The average molecular weight is 265 g/mol. The van der Waals surface area contributed by atoms with Gasteiger partial charge in [0, 0.05) is 25.6 Å². The molecule has 2 rings (SSSR count). The van der Waals surface area contributed by atoms with Crippen molar-refractivity contribution in [3.8, 4) is 0 Å². The molecule has 0 aromatic carbocycles. The number of hydrogen-bond acceptors (Lipinski definition) is 5. The van der Waals surface area contributed by atoms with E-state index in [1.165, 1.54) is 0 Å². The third-order valence-electron chi connectivity index (χ3n) is 3.32. The van der Waals surface area contributed by atoms with E-state index in [9.17, 15) is 4.79 Å². The lowest BCUT2D eigenvalue weighted by atomic mass is 9.94. The van der Waals surface area contributed by atoms with Gasteiger partial charge in [0.1, 0.15) is 5.54 Å². The van der Waals surface area contributed by atoms with Gasteiger partial charge in [0.2, 0.25) is 5.95 Å². The van der Waals surface area contributed by atoms with Gasteiger partial charge in [0.15, 0.2) is 0 Å². The molecule has 1 aliphatic heterocycles. The molecule has 0 radical (unpaired) electrons. The van der Waals surface area contributed by atoms with E-state index in [1.807, 2.05) is 0 Å². The molecule has 0 unspecified atom stereocenters. The number of ether oxygens (including phenoxy) is 1. The lowest BCUT2D eigenvalue weighted by Crippen LogP contribution is -2.40. The van der Waals surface area contributed by atoms with E-state index in [-0.39, 0.29) is 0 Å². The molecule has 0 saturated carbocycles. The second-order valence-corrected chi connectivity index (χ2v) is 5.28. The molecule has 104 valence electrons. The molecule has 19 heavy (non-hydrogen) atoms. The summed E-state index contributed by atoms with van der Waals surface area (Å²) in [5, 5.41) is 11.8. The van der Waals surface area contributed by atoms with E-state index in [2.05, 4.69) is 15.3 Å². The van der Waals surface area contributed by atoms with E-state index in [4.69, 9.17) is 9.84 Å². The smallest absolute Gasteiger partial charge is 0.328 e. The Hall–Kier alpha value is -1.69. The minimum atomic E-state index is -1.08. The van der Waals surface area contributed by atoms with Gasteiger partial charge in [0.05, 0.1) is 0 Å². The third-order valence-corrected chi connectivity index (χ3v) is 3.32. The molecule has 1 aromatic rings. The van der Waals surface area contributed by atoms with Crippen molar-refractivity contribution in [1.29, 1.82) is 0 Å². The first-order chi connectivity index (χ1) is 8.99. The second kappa shape index (κ2) is 5.52. The van der Waals surface area contributed by atoms with Crippen molar-refractivity contribution in [3.05, 3.63) is 18.0 Å². The standard InChI is InChI=1S/C13H19N3O3/c1-13(2,11(17)18)16-12-14-7-10(8-15-12)9-3-5-19-6-4-9/h7-9H,3-6H2,1-2H3,(H,17,18)(H,14,15,16). The number of carboxylic acid groups (broad SMARTS) is 1. The van der Waals surface area contributed by atoms with Gasteiger partial charge in [-0.15, -0.1) is 0 Å². The first-order valence-corrected chi connectivity index (χ1v) is 6.40. The van der Waals surface area contributed by atoms with Crippen LogP contribution in [-0.4, -0.2) is 39.8 Å². The first kappa shape index (κ1) is 13.7. The normalized spacial score (nSPS) is 17.2. The zero-order valence-electron chi connectivity index (χ0n) is 11.2. The highest BCUT2D eigenvalue weighted by Gasteiger charge is 2.27. The largest absolute Gasteiger partial charge is 0.480 e. The fraction of sp³-hybridized carbons (Fsp3) is 0.615. The Morgan fingerprint density at radius 2 is 1.95 bits per heavy atom. The fourth-order valence-corrected chi connectivity index (χ4v) is 1.98. The Bertz CT molecular complexity index is 439. The van der Waals surface area contributed by atoms with Crippen molar-refractivity contribution in [2.24, 2.45) is 0 Å². The molecule has 2 N–H and O–H groups in total. The Balaban J connectivity index is 2.04. The Morgan fingerprint density at radius 1 is 1.37 bits per heavy atom. The van der Waals surface area contributed by atoms with Crippen LogP contribution in [0.1, 0.15) is 38.2 Å². The summed E-state index contributed by atoms with van der Waals surface area (Å²) in [4.78, 5) is 19.4. The number of aromatic nitrogens is 2. The van der Waals surface area contributed by atoms with Gasteiger partial charge < -0.3 is 15.2 Å². The van der Waals surface area contributed by atoms with Crippen molar-refractivity contribution in [2.75, 3.05) is 18.5 Å². The summed E-state index contributed by atoms with van der Waals surface area (Å²) in [5.74, 6) is -0.164. The Morgan fingerprint density at radius 3 is 2.47 bits per heavy atom. The van der Waals surface area contributed by atoms with E-state index in [1.54, 1.807) is 26.2 Å². The number of anilines is 1. The molecule has 1 saturated heterocycles. The summed E-state index contributed by atoms with van der Waals surface area (Å²) in [6.45, 7) is 4.70. The highest BCUT2D eigenvalue weighted by atomic mass is 16.5. The fourth-order valence-electron chi connectivity index (χ4n) is 1.98. The molecule has 2 heterocycles. The number of nitrogens with zero attached hydrogens (tertiary/aromatic N) is 2. The Kier molecular flexibility index (Phi) is 3.99. The van der Waals surface area contributed by atoms with Crippen LogP contribution in [0.4, 0.5) is 5.95 Å². The summed E-state index contributed by atoms with van der Waals surface area (Å²) in [5.41, 5.74) is 0.00203. The van der Waals surface area contributed by atoms with Gasteiger partial charge in [-0.05, 0) is 38.2 Å². The summed E-state index contributed by atoms with van der Waals surface area (Å²) in [6.07, 6.45) is 5.50. The van der Waals surface area contributed by atoms with E-state index < -0.39 is 11.5 Å². The quantitative estimate of drug-likeness (QED) is 0.861. The summed E-state index contributed by atoms with van der Waals surface area (Å²) in [7, 11) is 0. The number of rotatable bonds is 4. The SMILES string of the molecule is CC(C)(Nc1ncc(C2CCOCC2)cn1)C(=O)O. The minimum Gasteiger partial charge on any atom is -0.480 e. The maximum Gasteiger partial charge on any atom is 0.328 e. The maximum absolute atomic E-state index is 11.0. The van der Waals surface area contributed by atoms with Crippen LogP contribution in [0.2, 0.25) is 0 Å². The summed E-state index contributed by atoms with van der Waals surface area (Å²) in [6, 6.07) is 0. The topological polar surface area (TPSA) is 84.3 Å². The number of carboxylic acids is 1. The molecule has 6 nitrogen and oxygen atoms in total. The lowest BCUT2D eigenvalue weighted by molar-refractivity contribution is -0.141. The monoisotopic (exact) mass is 265 g/mol. The molecule has 0 amide bonds. The van der Waals surface area contributed by atoms with Crippen LogP contribution in [0.3, 0.4) is 0 Å². The van der Waals surface area contributed by atoms with Crippen LogP contribution in [0, 0.1) is 0 Å². The summed E-state index contributed by atoms with van der Waals surface area (Å²) < 4.78 is 5.32. The molecule has 1 aliphatic rings. The molecular formula is C13H19N3O3. The zero-order chi connectivity index (χ0) is 13.9. The minimum absolute atomic E-state index is 0.336. The van der Waals surface area contributed by atoms with Crippen molar-refractivity contribution in [3.63, 3.8) is 0 Å². The van der Waals surface area contributed by atoms with Crippen LogP contribution in [0.25, 0.3) is 0 Å². The number of carbonyl (C=O) groups is 1. The van der Waals surface area contributed by atoms with Gasteiger partial charge in [-0.25, -0.2) is 14.8 Å². The van der Waals surface area contributed by atoms with E-state index >= 15 is 0 Å². The van der Waals surface area contributed by atoms with Crippen LogP contribution in [-0.2, 0) is 9.53 Å². The first-order valence-electron chi connectivity index (χ1n) is 6.40. The van der Waals surface area contributed by atoms with Gasteiger partial charge >= 0.3 is 5.97 Å².